The smallest absolute Gasteiger partial charge is 0.433 e. The minimum absolute atomic E-state index is 0.0474. The third kappa shape index (κ3) is 4.39. The number of hydrogen-bond acceptors (Lipinski definition) is 5. The van der Waals surface area contributed by atoms with Crippen LogP contribution in [-0.4, -0.2) is 58.7 Å². The van der Waals surface area contributed by atoms with Crippen molar-refractivity contribution in [2.24, 2.45) is 0 Å². The fourth-order valence-electron chi connectivity index (χ4n) is 4.20. The van der Waals surface area contributed by atoms with E-state index in [1.807, 2.05) is 24.3 Å². The summed E-state index contributed by atoms with van der Waals surface area (Å²) in [5, 5.41) is 3.88. The van der Waals surface area contributed by atoms with Gasteiger partial charge in [-0.1, -0.05) is 30.3 Å². The lowest BCUT2D eigenvalue weighted by Gasteiger charge is -2.36. The first-order chi connectivity index (χ1) is 16.8. The molecule has 0 bridgehead atoms. The maximum Gasteiger partial charge on any atom is 0.433 e. The summed E-state index contributed by atoms with van der Waals surface area (Å²) in [6, 6.07) is 17.2. The van der Waals surface area contributed by atoms with Crippen molar-refractivity contribution in [1.29, 1.82) is 0 Å². The normalized spacial score (nSPS) is 14.4. The number of anilines is 1. The van der Waals surface area contributed by atoms with Crippen LogP contribution in [0.4, 0.5) is 18.9 Å². The van der Waals surface area contributed by atoms with Gasteiger partial charge in [0.15, 0.2) is 11.3 Å². The van der Waals surface area contributed by atoms with Crippen molar-refractivity contribution in [2.45, 2.75) is 6.18 Å². The Morgan fingerprint density at radius 2 is 1.66 bits per heavy atom. The Morgan fingerprint density at radius 1 is 0.971 bits per heavy atom. The Bertz CT molecular complexity index is 1350. The van der Waals surface area contributed by atoms with Gasteiger partial charge in [0, 0.05) is 37.4 Å². The molecule has 5 rings (SSSR count). The Balaban J connectivity index is 1.43. The first-order valence-electron chi connectivity index (χ1n) is 11.0. The lowest BCUT2D eigenvalue weighted by molar-refractivity contribution is -0.142. The van der Waals surface area contributed by atoms with Crippen LogP contribution < -0.4 is 9.64 Å². The van der Waals surface area contributed by atoms with Crippen LogP contribution in [0.25, 0.3) is 16.9 Å². The van der Waals surface area contributed by atoms with Crippen LogP contribution in [0.5, 0.6) is 5.75 Å². The van der Waals surface area contributed by atoms with Gasteiger partial charge >= 0.3 is 6.18 Å². The van der Waals surface area contributed by atoms with Crippen molar-refractivity contribution in [2.75, 3.05) is 38.2 Å². The molecule has 3 heterocycles. The molecule has 0 aliphatic carbocycles. The number of carbonyl (C=O) groups excluding carboxylic acids is 1. The van der Waals surface area contributed by atoms with Crippen LogP contribution >= 0.6 is 0 Å². The maximum atomic E-state index is 13.8. The highest BCUT2D eigenvalue weighted by Crippen LogP contribution is 2.33. The summed E-state index contributed by atoms with van der Waals surface area (Å²) in [7, 11) is 1.61. The molecule has 0 spiro atoms. The van der Waals surface area contributed by atoms with Gasteiger partial charge in [0.2, 0.25) is 0 Å². The van der Waals surface area contributed by atoms with E-state index < -0.39 is 11.9 Å². The standard InChI is InChI=1S/C25H22F3N5O2/c1-35-19-9-7-18(8-10-19)31-11-13-32(14-12-31)24(34)20-16-29-33-22(25(26,27)28)15-21(30-23(20)33)17-5-3-2-4-6-17/h2-10,15-16H,11-14H2,1H3. The summed E-state index contributed by atoms with van der Waals surface area (Å²) >= 11 is 0. The molecule has 1 aliphatic rings. The zero-order valence-corrected chi connectivity index (χ0v) is 18.9. The average Bonchev–Trinajstić information content (AvgIpc) is 3.32. The van der Waals surface area contributed by atoms with Crippen LogP contribution in [0.3, 0.4) is 0 Å². The quantitative estimate of drug-likeness (QED) is 0.433. The van der Waals surface area contributed by atoms with Crippen molar-refractivity contribution in [3.63, 3.8) is 0 Å². The van der Waals surface area contributed by atoms with Crippen molar-refractivity contribution >= 4 is 17.2 Å². The van der Waals surface area contributed by atoms with Crippen molar-refractivity contribution < 1.29 is 22.7 Å². The summed E-state index contributed by atoms with van der Waals surface area (Å²) in [5.41, 5.74) is 0.618. The van der Waals surface area contributed by atoms with Crippen molar-refractivity contribution in [3.05, 3.63) is 78.1 Å². The van der Waals surface area contributed by atoms with E-state index in [9.17, 15) is 18.0 Å². The van der Waals surface area contributed by atoms with Crippen LogP contribution in [0.1, 0.15) is 16.1 Å². The Labute approximate surface area is 199 Å². The van der Waals surface area contributed by atoms with Gasteiger partial charge < -0.3 is 14.5 Å². The SMILES string of the molecule is COc1ccc(N2CCN(C(=O)c3cnn4c(C(F)(F)F)cc(-c5ccccc5)nc34)CC2)cc1. The number of piperazine rings is 1. The van der Waals surface area contributed by atoms with Gasteiger partial charge in [-0.15, -0.1) is 0 Å². The molecule has 7 nitrogen and oxygen atoms in total. The molecule has 2 aromatic carbocycles. The fourth-order valence-corrected chi connectivity index (χ4v) is 4.20. The fraction of sp³-hybridized carbons (Fsp3) is 0.240. The third-order valence-electron chi connectivity index (χ3n) is 6.07. The molecule has 2 aromatic heterocycles. The zero-order chi connectivity index (χ0) is 24.6. The van der Waals surface area contributed by atoms with E-state index in [0.717, 1.165) is 17.5 Å². The monoisotopic (exact) mass is 481 g/mol. The van der Waals surface area contributed by atoms with Crippen LogP contribution in [0.15, 0.2) is 66.9 Å². The molecule has 0 saturated carbocycles. The predicted molar refractivity (Wildman–Crippen MR) is 125 cm³/mol. The molecular weight excluding hydrogens is 459 g/mol. The molecule has 0 atom stereocenters. The molecule has 4 aromatic rings. The molecule has 1 aliphatic heterocycles. The largest absolute Gasteiger partial charge is 0.497 e. The highest BCUT2D eigenvalue weighted by Gasteiger charge is 2.36. The number of amides is 1. The number of alkyl halides is 3. The third-order valence-corrected chi connectivity index (χ3v) is 6.07. The van der Waals surface area contributed by atoms with Crippen LogP contribution in [0, 0.1) is 0 Å². The number of benzene rings is 2. The van der Waals surface area contributed by atoms with E-state index in [4.69, 9.17) is 4.74 Å². The summed E-state index contributed by atoms with van der Waals surface area (Å²) in [6.45, 7) is 2.03. The summed E-state index contributed by atoms with van der Waals surface area (Å²) in [4.78, 5) is 21.5. The van der Waals surface area contributed by atoms with E-state index in [-0.39, 0.29) is 22.8 Å². The molecule has 10 heteroatoms. The molecule has 1 amide bonds. The number of halogens is 3. The number of hydrogen-bond donors (Lipinski definition) is 0. The van der Waals surface area contributed by atoms with E-state index in [1.54, 1.807) is 42.3 Å². The van der Waals surface area contributed by atoms with Crippen molar-refractivity contribution in [3.8, 4) is 17.0 Å². The number of ether oxygens (including phenoxy) is 1. The van der Waals surface area contributed by atoms with E-state index in [0.29, 0.717) is 36.3 Å². The second-order valence-corrected chi connectivity index (χ2v) is 8.16. The zero-order valence-electron chi connectivity index (χ0n) is 18.9. The number of aromatic nitrogens is 3. The lowest BCUT2D eigenvalue weighted by Crippen LogP contribution is -2.48. The second-order valence-electron chi connectivity index (χ2n) is 8.16. The molecular formula is C25H22F3N5O2. The predicted octanol–water partition coefficient (Wildman–Crippen LogP) is 4.39. The molecule has 0 radical (unpaired) electrons. The van der Waals surface area contributed by atoms with Gasteiger partial charge in [0.1, 0.15) is 11.3 Å². The van der Waals surface area contributed by atoms with Gasteiger partial charge in [-0.3, -0.25) is 4.79 Å². The highest BCUT2D eigenvalue weighted by atomic mass is 19.4. The molecule has 180 valence electrons. The first-order valence-corrected chi connectivity index (χ1v) is 11.0. The number of methoxy groups -OCH3 is 1. The highest BCUT2D eigenvalue weighted by molar-refractivity contribution is 6.00. The van der Waals surface area contributed by atoms with Crippen LogP contribution in [-0.2, 0) is 6.18 Å². The minimum atomic E-state index is -4.67. The molecule has 1 fully saturated rings. The van der Waals surface area contributed by atoms with E-state index in [2.05, 4.69) is 15.0 Å². The molecule has 35 heavy (non-hydrogen) atoms. The van der Waals surface area contributed by atoms with E-state index in [1.165, 1.54) is 6.20 Å². The Morgan fingerprint density at radius 3 is 2.29 bits per heavy atom. The Hall–Kier alpha value is -4.08. The lowest BCUT2D eigenvalue weighted by atomic mass is 10.1. The number of nitrogens with zero attached hydrogens (tertiary/aromatic N) is 5. The van der Waals surface area contributed by atoms with Gasteiger partial charge in [-0.25, -0.2) is 9.50 Å². The molecule has 0 unspecified atom stereocenters. The topological polar surface area (TPSA) is 63.0 Å². The summed E-state index contributed by atoms with van der Waals surface area (Å²) < 4.78 is 47.4. The van der Waals surface area contributed by atoms with Crippen LogP contribution in [0.2, 0.25) is 0 Å². The molecule has 1 saturated heterocycles. The van der Waals surface area contributed by atoms with Gasteiger partial charge in [-0.05, 0) is 30.3 Å². The van der Waals surface area contributed by atoms with Gasteiger partial charge in [0.05, 0.1) is 19.0 Å². The Kier molecular flexibility index (Phi) is 5.80. The number of rotatable bonds is 4. The van der Waals surface area contributed by atoms with Gasteiger partial charge in [-0.2, -0.15) is 18.3 Å². The number of carbonyl (C=O) groups is 1. The van der Waals surface area contributed by atoms with Gasteiger partial charge in [0.25, 0.3) is 5.91 Å². The second kappa shape index (κ2) is 8.94. The molecule has 0 N–H and O–H groups in total. The summed E-state index contributed by atoms with van der Waals surface area (Å²) in [5.74, 6) is 0.372. The number of fused-ring (bicyclic) bond motifs is 1. The van der Waals surface area contributed by atoms with Crippen molar-refractivity contribution in [1.82, 2.24) is 19.5 Å². The summed E-state index contributed by atoms with van der Waals surface area (Å²) in [6.07, 6.45) is -3.49. The van der Waals surface area contributed by atoms with E-state index >= 15 is 0 Å². The first kappa shape index (κ1) is 22.7. The maximum absolute atomic E-state index is 13.8. The average molecular weight is 481 g/mol. The minimum Gasteiger partial charge on any atom is -0.497 e.